The predicted molar refractivity (Wildman–Crippen MR) is 92.7 cm³/mol. The maximum absolute atomic E-state index is 11.7. The summed E-state index contributed by atoms with van der Waals surface area (Å²) in [6, 6.07) is 3.28. The second-order valence-corrected chi connectivity index (χ2v) is 3.24. The molecule has 2 aromatic rings. The zero-order valence-electron chi connectivity index (χ0n) is 12.5. The molecule has 112 valence electrons. The van der Waals surface area contributed by atoms with Crippen molar-refractivity contribution in [3.63, 3.8) is 0 Å². The summed E-state index contributed by atoms with van der Waals surface area (Å²) in [5.41, 5.74) is 0.482. The average Bonchev–Trinajstić information content (AvgIpc) is 2.56. The van der Waals surface area contributed by atoms with Gasteiger partial charge in [0.25, 0.3) is 0 Å². The van der Waals surface area contributed by atoms with Gasteiger partial charge in [-0.1, -0.05) is 45.2 Å². The van der Waals surface area contributed by atoms with Gasteiger partial charge in [0.1, 0.15) is 5.39 Å². The Morgan fingerprint density at radius 3 is 2.57 bits per heavy atom. The molecule has 0 fully saturated rings. The van der Waals surface area contributed by atoms with Crippen molar-refractivity contribution in [1.82, 2.24) is 9.97 Å². The van der Waals surface area contributed by atoms with E-state index >= 15 is 0 Å². The standard InChI is InChI=1S/C13H10N2O2.C2H6.CH4S/c1-3-6-9(4-2)12-15-11-10(13(16)17-12)7-5-8-14-11;2*1-2/h3-8H,1-2H2;1-2H3;2H,1H3/b9-6+;;. The van der Waals surface area contributed by atoms with Crippen LogP contribution in [0.5, 0.6) is 0 Å². The Morgan fingerprint density at radius 1 is 1.33 bits per heavy atom. The number of aromatic nitrogens is 2. The lowest BCUT2D eigenvalue weighted by molar-refractivity contribution is 0.487. The van der Waals surface area contributed by atoms with Crippen molar-refractivity contribution in [2.24, 2.45) is 0 Å². The van der Waals surface area contributed by atoms with E-state index in [1.165, 1.54) is 0 Å². The van der Waals surface area contributed by atoms with Crippen LogP contribution in [0, 0.1) is 0 Å². The number of nitrogens with zero attached hydrogens (tertiary/aromatic N) is 2. The van der Waals surface area contributed by atoms with Crippen molar-refractivity contribution >= 4 is 29.2 Å². The molecule has 0 amide bonds. The molecule has 5 heteroatoms. The highest BCUT2D eigenvalue weighted by molar-refractivity contribution is 7.79. The Morgan fingerprint density at radius 2 is 2.00 bits per heavy atom. The predicted octanol–water partition coefficient (Wildman–Crippen LogP) is 3.91. The minimum Gasteiger partial charge on any atom is -0.403 e. The zero-order chi connectivity index (χ0) is 16.3. The third-order valence-electron chi connectivity index (χ3n) is 2.17. The maximum atomic E-state index is 11.7. The van der Waals surface area contributed by atoms with E-state index in [4.69, 9.17) is 4.42 Å². The molecule has 21 heavy (non-hydrogen) atoms. The summed E-state index contributed by atoms with van der Waals surface area (Å²) >= 11 is 3.53. The molecular formula is C16H20N2O2S. The molecule has 0 bridgehead atoms. The van der Waals surface area contributed by atoms with E-state index in [9.17, 15) is 4.79 Å². The Kier molecular flexibility index (Phi) is 9.54. The van der Waals surface area contributed by atoms with E-state index in [2.05, 4.69) is 35.8 Å². The fourth-order valence-electron chi connectivity index (χ4n) is 1.38. The molecule has 0 aromatic carbocycles. The Balaban J connectivity index is 0.000000921. The molecule has 0 aliphatic heterocycles. The quantitative estimate of drug-likeness (QED) is 0.690. The maximum Gasteiger partial charge on any atom is 0.348 e. The summed E-state index contributed by atoms with van der Waals surface area (Å²) in [7, 11) is 0. The van der Waals surface area contributed by atoms with Crippen molar-refractivity contribution < 1.29 is 4.42 Å². The molecule has 4 nitrogen and oxygen atoms in total. The summed E-state index contributed by atoms with van der Waals surface area (Å²) in [5.74, 6) is 0.191. The first-order valence-electron chi connectivity index (χ1n) is 6.42. The third kappa shape index (κ3) is 5.04. The fraction of sp³-hybridized carbons (Fsp3) is 0.188. The van der Waals surface area contributed by atoms with E-state index in [0.717, 1.165) is 0 Å². The molecule has 0 unspecified atom stereocenters. The molecule has 0 N–H and O–H groups in total. The van der Waals surface area contributed by atoms with Gasteiger partial charge in [0.05, 0.1) is 0 Å². The van der Waals surface area contributed by atoms with Crippen LogP contribution in [0.1, 0.15) is 19.7 Å². The average molecular weight is 304 g/mol. The van der Waals surface area contributed by atoms with Crippen LogP contribution < -0.4 is 5.63 Å². The summed E-state index contributed by atoms with van der Waals surface area (Å²) in [4.78, 5) is 19.9. The summed E-state index contributed by atoms with van der Waals surface area (Å²) in [5, 5.41) is 0.360. The molecule has 0 aliphatic carbocycles. The molecule has 0 saturated carbocycles. The van der Waals surface area contributed by atoms with Gasteiger partial charge in [-0.2, -0.15) is 17.6 Å². The lowest BCUT2D eigenvalue weighted by Crippen LogP contribution is -2.05. The number of hydrogen-bond donors (Lipinski definition) is 1. The number of hydrogen-bond acceptors (Lipinski definition) is 5. The highest BCUT2D eigenvalue weighted by Crippen LogP contribution is 2.13. The van der Waals surface area contributed by atoms with Gasteiger partial charge in [0.15, 0.2) is 5.65 Å². The van der Waals surface area contributed by atoms with Crippen molar-refractivity contribution in [1.29, 1.82) is 0 Å². The fourth-order valence-corrected chi connectivity index (χ4v) is 1.38. The van der Waals surface area contributed by atoms with E-state index in [1.807, 2.05) is 13.8 Å². The molecule has 0 aliphatic rings. The van der Waals surface area contributed by atoms with Gasteiger partial charge in [0, 0.05) is 11.8 Å². The van der Waals surface area contributed by atoms with Gasteiger partial charge in [-0.05, 0) is 18.4 Å². The lowest BCUT2D eigenvalue weighted by Gasteiger charge is -2.00. The van der Waals surface area contributed by atoms with Crippen LogP contribution in [0.25, 0.3) is 16.6 Å². The molecule has 2 rings (SSSR count). The van der Waals surface area contributed by atoms with Crippen LogP contribution in [0.15, 0.2) is 58.9 Å². The molecule has 0 atom stereocenters. The van der Waals surface area contributed by atoms with Gasteiger partial charge in [-0.3, -0.25) is 0 Å². The third-order valence-corrected chi connectivity index (χ3v) is 2.17. The van der Waals surface area contributed by atoms with Crippen molar-refractivity contribution in [2.75, 3.05) is 6.26 Å². The molecule has 0 radical (unpaired) electrons. The molecule has 0 spiro atoms. The normalized spacial score (nSPS) is 9.81. The van der Waals surface area contributed by atoms with Crippen LogP contribution in [0.2, 0.25) is 0 Å². The van der Waals surface area contributed by atoms with Crippen LogP contribution in [0.3, 0.4) is 0 Å². The first kappa shape index (κ1) is 18.9. The molecular weight excluding hydrogens is 284 g/mol. The van der Waals surface area contributed by atoms with Gasteiger partial charge in [0.2, 0.25) is 5.89 Å². The van der Waals surface area contributed by atoms with Crippen LogP contribution in [0.4, 0.5) is 0 Å². The van der Waals surface area contributed by atoms with Crippen molar-refractivity contribution in [3.8, 4) is 0 Å². The second kappa shape index (κ2) is 10.6. The van der Waals surface area contributed by atoms with Crippen LogP contribution in [-0.4, -0.2) is 16.2 Å². The zero-order valence-corrected chi connectivity index (χ0v) is 13.4. The van der Waals surface area contributed by atoms with Crippen LogP contribution >= 0.6 is 12.6 Å². The Labute approximate surface area is 130 Å². The number of thiol groups is 1. The van der Waals surface area contributed by atoms with Gasteiger partial charge in [-0.25, -0.2) is 9.78 Å². The lowest BCUT2D eigenvalue weighted by atomic mass is 10.2. The van der Waals surface area contributed by atoms with Gasteiger partial charge in [-0.15, -0.1) is 0 Å². The first-order valence-corrected chi connectivity index (χ1v) is 7.32. The van der Waals surface area contributed by atoms with Crippen molar-refractivity contribution in [2.45, 2.75) is 13.8 Å². The van der Waals surface area contributed by atoms with Gasteiger partial charge >= 0.3 is 5.63 Å². The molecule has 0 saturated heterocycles. The summed E-state index contributed by atoms with van der Waals surface area (Å²) < 4.78 is 5.10. The molecule has 2 heterocycles. The number of fused-ring (bicyclic) bond motifs is 1. The Hall–Kier alpha value is -2.14. The smallest absolute Gasteiger partial charge is 0.348 e. The van der Waals surface area contributed by atoms with Gasteiger partial charge < -0.3 is 4.42 Å². The van der Waals surface area contributed by atoms with Crippen molar-refractivity contribution in [3.05, 3.63) is 66.0 Å². The Bertz CT molecular complexity index is 675. The topological polar surface area (TPSA) is 56.0 Å². The minimum atomic E-state index is -0.463. The summed E-state index contributed by atoms with van der Waals surface area (Å²) in [6.07, 6.45) is 8.04. The number of allylic oxidation sites excluding steroid dienone is 4. The van der Waals surface area contributed by atoms with E-state index in [1.54, 1.807) is 42.8 Å². The monoisotopic (exact) mass is 304 g/mol. The number of pyridine rings is 1. The van der Waals surface area contributed by atoms with E-state index in [-0.39, 0.29) is 5.89 Å². The highest BCUT2D eigenvalue weighted by Gasteiger charge is 2.08. The summed E-state index contributed by atoms with van der Waals surface area (Å²) in [6.45, 7) is 11.2. The molecule has 2 aromatic heterocycles. The SMILES string of the molecule is C=C/C=C(\C=C)c1nc2ncccc2c(=O)o1.CC.CS. The highest BCUT2D eigenvalue weighted by atomic mass is 32.1. The second-order valence-electron chi connectivity index (χ2n) is 3.24. The number of rotatable bonds is 3. The van der Waals surface area contributed by atoms with Crippen LogP contribution in [-0.2, 0) is 0 Å². The van der Waals surface area contributed by atoms with E-state index in [0.29, 0.717) is 16.6 Å². The largest absolute Gasteiger partial charge is 0.403 e. The van der Waals surface area contributed by atoms with E-state index < -0.39 is 5.63 Å². The first-order chi connectivity index (χ1) is 10.3. The minimum absolute atomic E-state index is 0.191.